The molecule has 1 aliphatic carbocycles. The Hall–Kier alpha value is -2.08. The van der Waals surface area contributed by atoms with Crippen molar-refractivity contribution in [3.05, 3.63) is 29.3 Å². The predicted molar refractivity (Wildman–Crippen MR) is 101 cm³/mol. The van der Waals surface area contributed by atoms with E-state index in [9.17, 15) is 9.59 Å². The van der Waals surface area contributed by atoms with Gasteiger partial charge >= 0.3 is 6.03 Å². The summed E-state index contributed by atoms with van der Waals surface area (Å²) in [4.78, 5) is 31.1. The Morgan fingerprint density at radius 1 is 1.12 bits per heavy atom. The lowest BCUT2D eigenvalue weighted by Gasteiger charge is -2.38. The number of nitrogens with one attached hydrogen (secondary N) is 1. The molecule has 1 aromatic rings. The number of hydrogen-bond acceptors (Lipinski definition) is 4. The summed E-state index contributed by atoms with van der Waals surface area (Å²) >= 11 is 0. The molecule has 26 heavy (non-hydrogen) atoms. The predicted octanol–water partition coefficient (Wildman–Crippen LogP) is 2.10. The minimum atomic E-state index is -0.683. The van der Waals surface area contributed by atoms with Crippen molar-refractivity contribution in [2.75, 3.05) is 37.7 Å². The molecule has 2 heterocycles. The highest BCUT2D eigenvalue weighted by molar-refractivity contribution is 6.07. The molecule has 4 rings (SSSR count). The van der Waals surface area contributed by atoms with Crippen LogP contribution in [-0.4, -0.2) is 60.1 Å². The first kappa shape index (κ1) is 17.3. The first-order chi connectivity index (χ1) is 12.4. The van der Waals surface area contributed by atoms with E-state index in [1.807, 2.05) is 6.92 Å². The molecule has 1 N–H and O–H groups in total. The summed E-state index contributed by atoms with van der Waals surface area (Å²) < 4.78 is 0. The van der Waals surface area contributed by atoms with Gasteiger partial charge in [0.25, 0.3) is 5.91 Å². The topological polar surface area (TPSA) is 55.9 Å². The van der Waals surface area contributed by atoms with Gasteiger partial charge in [0.05, 0.1) is 6.67 Å². The van der Waals surface area contributed by atoms with E-state index in [0.29, 0.717) is 12.6 Å². The third-order valence-electron chi connectivity index (χ3n) is 6.33. The maximum absolute atomic E-state index is 12.8. The van der Waals surface area contributed by atoms with Crippen LogP contribution in [0.5, 0.6) is 0 Å². The molecule has 1 atom stereocenters. The zero-order valence-corrected chi connectivity index (χ0v) is 15.9. The van der Waals surface area contributed by atoms with Gasteiger partial charge in [0.2, 0.25) is 0 Å². The van der Waals surface area contributed by atoms with E-state index < -0.39 is 5.54 Å². The molecule has 3 amide bonds. The number of carbonyl (C=O) groups excluding carboxylic acids is 2. The summed E-state index contributed by atoms with van der Waals surface area (Å²) in [6, 6.07) is 6.19. The zero-order valence-electron chi connectivity index (χ0n) is 15.9. The van der Waals surface area contributed by atoms with Crippen LogP contribution < -0.4 is 10.2 Å². The Morgan fingerprint density at radius 3 is 2.46 bits per heavy atom. The van der Waals surface area contributed by atoms with Crippen LogP contribution in [0.25, 0.3) is 0 Å². The van der Waals surface area contributed by atoms with Crippen LogP contribution in [0.15, 0.2) is 18.2 Å². The molecule has 3 fully saturated rings. The summed E-state index contributed by atoms with van der Waals surface area (Å²) in [5.74, 6) is 0.257. The van der Waals surface area contributed by atoms with Gasteiger partial charge in [-0.1, -0.05) is 12.1 Å². The largest absolute Gasteiger partial charge is 0.369 e. The first-order valence-corrected chi connectivity index (χ1v) is 9.58. The third kappa shape index (κ3) is 2.86. The fourth-order valence-electron chi connectivity index (χ4n) is 4.19. The normalized spacial score (nSPS) is 27.2. The molecule has 6 heteroatoms. The van der Waals surface area contributed by atoms with E-state index >= 15 is 0 Å². The van der Waals surface area contributed by atoms with Crippen LogP contribution >= 0.6 is 0 Å². The number of rotatable bonds is 4. The molecule has 0 unspecified atom stereocenters. The molecule has 2 saturated heterocycles. The average molecular weight is 356 g/mol. The standard InChI is InChI=1S/C20H28N4O2/c1-14-5-4-6-17(15(14)2)23-11-9-22(10-12-23)13-24-18(25)20(3,16-7-8-16)21-19(24)26/h4-6,16H,7-13H2,1-3H3,(H,21,26)/t20-/m0/s1. The number of amides is 3. The number of piperazine rings is 1. The zero-order chi connectivity index (χ0) is 18.5. The van der Waals surface area contributed by atoms with Crippen LogP contribution in [0.1, 0.15) is 30.9 Å². The van der Waals surface area contributed by atoms with Gasteiger partial charge in [0.1, 0.15) is 5.54 Å². The van der Waals surface area contributed by atoms with Crippen molar-refractivity contribution in [2.24, 2.45) is 5.92 Å². The Labute approximate surface area is 155 Å². The fraction of sp³-hybridized carbons (Fsp3) is 0.600. The number of anilines is 1. The van der Waals surface area contributed by atoms with Gasteiger partial charge < -0.3 is 10.2 Å². The van der Waals surface area contributed by atoms with Crippen molar-refractivity contribution >= 4 is 17.6 Å². The maximum Gasteiger partial charge on any atom is 0.326 e. The fourth-order valence-corrected chi connectivity index (χ4v) is 4.19. The van der Waals surface area contributed by atoms with Crippen molar-refractivity contribution < 1.29 is 9.59 Å². The summed E-state index contributed by atoms with van der Waals surface area (Å²) in [5, 5.41) is 2.93. The molecular weight excluding hydrogens is 328 g/mol. The number of benzene rings is 1. The van der Waals surface area contributed by atoms with E-state index in [1.54, 1.807) is 0 Å². The van der Waals surface area contributed by atoms with Crippen LogP contribution in [-0.2, 0) is 4.79 Å². The van der Waals surface area contributed by atoms with Crippen LogP contribution in [0, 0.1) is 19.8 Å². The van der Waals surface area contributed by atoms with Crippen molar-refractivity contribution in [1.29, 1.82) is 0 Å². The number of carbonyl (C=O) groups is 2. The van der Waals surface area contributed by atoms with Gasteiger partial charge in [0.15, 0.2) is 0 Å². The summed E-state index contributed by atoms with van der Waals surface area (Å²) in [6.07, 6.45) is 2.07. The van der Waals surface area contributed by atoms with E-state index in [0.717, 1.165) is 39.0 Å². The second-order valence-corrected chi connectivity index (χ2v) is 8.11. The highest BCUT2D eigenvalue weighted by atomic mass is 16.2. The van der Waals surface area contributed by atoms with Gasteiger partial charge in [-0.05, 0) is 56.7 Å². The number of imide groups is 1. The van der Waals surface area contributed by atoms with Gasteiger partial charge in [-0.15, -0.1) is 0 Å². The highest BCUT2D eigenvalue weighted by Gasteiger charge is 2.56. The smallest absolute Gasteiger partial charge is 0.326 e. The third-order valence-corrected chi connectivity index (χ3v) is 6.33. The van der Waals surface area contributed by atoms with E-state index in [1.165, 1.54) is 21.7 Å². The Kier molecular flexibility index (Phi) is 4.18. The minimum absolute atomic E-state index is 0.0537. The van der Waals surface area contributed by atoms with Crippen molar-refractivity contribution in [2.45, 2.75) is 39.2 Å². The Bertz CT molecular complexity index is 737. The molecule has 0 bridgehead atoms. The Balaban J connectivity index is 1.38. The van der Waals surface area contributed by atoms with Crippen LogP contribution in [0.3, 0.4) is 0 Å². The quantitative estimate of drug-likeness (QED) is 0.840. The lowest BCUT2D eigenvalue weighted by molar-refractivity contribution is -0.133. The van der Waals surface area contributed by atoms with Gasteiger partial charge in [-0.25, -0.2) is 9.69 Å². The summed E-state index contributed by atoms with van der Waals surface area (Å²) in [7, 11) is 0. The number of nitrogens with zero attached hydrogens (tertiary/aromatic N) is 3. The second-order valence-electron chi connectivity index (χ2n) is 8.11. The van der Waals surface area contributed by atoms with Crippen LogP contribution in [0.4, 0.5) is 10.5 Å². The second kappa shape index (κ2) is 6.27. The van der Waals surface area contributed by atoms with Gasteiger partial charge in [-0.2, -0.15) is 0 Å². The lowest BCUT2D eigenvalue weighted by atomic mass is 9.96. The molecular formula is C20H28N4O2. The van der Waals surface area contributed by atoms with Crippen LogP contribution in [0.2, 0.25) is 0 Å². The molecule has 0 radical (unpaired) electrons. The lowest BCUT2D eigenvalue weighted by Crippen LogP contribution is -2.52. The van der Waals surface area contributed by atoms with Crippen molar-refractivity contribution in [3.8, 4) is 0 Å². The number of hydrogen-bond donors (Lipinski definition) is 1. The molecule has 6 nitrogen and oxygen atoms in total. The maximum atomic E-state index is 12.8. The molecule has 140 valence electrons. The highest BCUT2D eigenvalue weighted by Crippen LogP contribution is 2.42. The van der Waals surface area contributed by atoms with E-state index in [4.69, 9.17) is 0 Å². The molecule has 0 spiro atoms. The van der Waals surface area contributed by atoms with E-state index in [-0.39, 0.29) is 11.9 Å². The average Bonchev–Trinajstić information content (AvgIpc) is 3.44. The summed E-state index contributed by atoms with van der Waals surface area (Å²) in [6.45, 7) is 10.1. The molecule has 2 aliphatic heterocycles. The molecule has 1 saturated carbocycles. The first-order valence-electron chi connectivity index (χ1n) is 9.58. The SMILES string of the molecule is Cc1cccc(N2CCN(CN3C(=O)N[C@@](C)(C4CC4)C3=O)CC2)c1C. The van der Waals surface area contributed by atoms with Crippen molar-refractivity contribution in [1.82, 2.24) is 15.1 Å². The minimum Gasteiger partial charge on any atom is -0.369 e. The monoisotopic (exact) mass is 356 g/mol. The summed E-state index contributed by atoms with van der Waals surface area (Å²) in [5.41, 5.74) is 3.25. The van der Waals surface area contributed by atoms with E-state index in [2.05, 4.69) is 47.2 Å². The van der Waals surface area contributed by atoms with Gasteiger partial charge in [0, 0.05) is 31.9 Å². The van der Waals surface area contributed by atoms with Gasteiger partial charge in [-0.3, -0.25) is 9.69 Å². The number of urea groups is 1. The van der Waals surface area contributed by atoms with Crippen molar-refractivity contribution in [3.63, 3.8) is 0 Å². The Morgan fingerprint density at radius 2 is 1.81 bits per heavy atom. The molecule has 0 aromatic heterocycles. The number of aryl methyl sites for hydroxylation is 1. The molecule has 3 aliphatic rings. The molecule has 1 aromatic carbocycles.